The van der Waals surface area contributed by atoms with Crippen molar-refractivity contribution in [3.05, 3.63) is 128 Å². The van der Waals surface area contributed by atoms with Crippen molar-refractivity contribution in [2.45, 2.75) is 25.4 Å². The summed E-state index contributed by atoms with van der Waals surface area (Å²) in [5.74, 6) is -0.108. The van der Waals surface area contributed by atoms with Gasteiger partial charge in [-0.15, -0.1) is 0 Å². The lowest BCUT2D eigenvalue weighted by Crippen LogP contribution is -2.40. The summed E-state index contributed by atoms with van der Waals surface area (Å²) in [5.41, 5.74) is 3.37. The van der Waals surface area contributed by atoms with Gasteiger partial charge in [0, 0.05) is 61.6 Å². The summed E-state index contributed by atoms with van der Waals surface area (Å²) < 4.78 is 8.37. The molecule has 0 spiro atoms. The Morgan fingerprint density at radius 1 is 0.744 bits per heavy atom. The molecule has 11 heteroatoms. The highest BCUT2D eigenvalue weighted by molar-refractivity contribution is 5.95. The fourth-order valence-electron chi connectivity index (χ4n) is 5.50. The number of benzene rings is 2. The van der Waals surface area contributed by atoms with Gasteiger partial charge >= 0.3 is 0 Å². The van der Waals surface area contributed by atoms with E-state index in [0.29, 0.717) is 69.3 Å². The Balaban J connectivity index is 1.05. The van der Waals surface area contributed by atoms with Gasteiger partial charge in [-0.05, 0) is 41.8 Å². The third-order valence-corrected chi connectivity index (χ3v) is 7.99. The van der Waals surface area contributed by atoms with Crippen molar-refractivity contribution in [2.75, 3.05) is 39.4 Å². The lowest BCUT2D eigenvalue weighted by Gasteiger charge is -2.26. The second kappa shape index (κ2) is 12.5. The van der Waals surface area contributed by atoms with Crippen molar-refractivity contribution < 1.29 is 14.3 Å². The van der Waals surface area contributed by atoms with Crippen molar-refractivity contribution in [2.24, 2.45) is 0 Å². The number of likely N-dealkylation sites (tertiary alicyclic amines) is 1. The van der Waals surface area contributed by atoms with Crippen LogP contribution in [-0.2, 0) is 17.8 Å². The Kier molecular flexibility index (Phi) is 8.23. The average molecular weight is 581 g/mol. The molecule has 0 radical (unpaired) electrons. The van der Waals surface area contributed by atoms with E-state index in [9.17, 15) is 19.2 Å². The number of carbonyl (C=O) groups is 2. The molecule has 2 aromatic carbocycles. The van der Waals surface area contributed by atoms with Crippen molar-refractivity contribution in [3.8, 4) is 0 Å². The number of ether oxygens (including phenoxy) is 1. The maximum Gasteiger partial charge on any atom is 0.254 e. The smallest absolute Gasteiger partial charge is 0.254 e. The average Bonchev–Trinajstić information content (AvgIpc) is 3.54. The van der Waals surface area contributed by atoms with E-state index in [1.54, 1.807) is 51.0 Å². The summed E-state index contributed by atoms with van der Waals surface area (Å²) in [7, 11) is 0. The fourth-order valence-corrected chi connectivity index (χ4v) is 5.50. The molecular weight excluding hydrogens is 548 g/mol. The number of hydrogen-bond acceptors (Lipinski definition) is 7. The van der Waals surface area contributed by atoms with Gasteiger partial charge in [-0.2, -0.15) is 0 Å². The van der Waals surface area contributed by atoms with Crippen LogP contribution in [0.5, 0.6) is 0 Å². The molecule has 1 unspecified atom stereocenters. The van der Waals surface area contributed by atoms with Gasteiger partial charge in [0.1, 0.15) is 0 Å². The summed E-state index contributed by atoms with van der Waals surface area (Å²) in [6.07, 6.45) is 5.24. The molecule has 11 nitrogen and oxygen atoms in total. The van der Waals surface area contributed by atoms with Crippen LogP contribution in [0.25, 0.3) is 0 Å². The van der Waals surface area contributed by atoms with Gasteiger partial charge in [0.25, 0.3) is 22.9 Å². The molecule has 2 saturated heterocycles. The molecule has 4 aromatic rings. The molecule has 220 valence electrons. The Bertz CT molecular complexity index is 1720. The van der Waals surface area contributed by atoms with Gasteiger partial charge in [-0.3, -0.25) is 28.3 Å². The number of hydrogen-bond donors (Lipinski definition) is 0. The largest absolute Gasteiger partial charge is 0.378 e. The van der Waals surface area contributed by atoms with E-state index < -0.39 is 0 Å². The zero-order valence-corrected chi connectivity index (χ0v) is 23.7. The number of amides is 2. The maximum absolute atomic E-state index is 13.2. The molecule has 1 atom stereocenters. The first kappa shape index (κ1) is 28.2. The highest BCUT2D eigenvalue weighted by Crippen LogP contribution is 2.26. The molecule has 43 heavy (non-hydrogen) atoms. The maximum atomic E-state index is 13.2. The highest BCUT2D eigenvalue weighted by Gasteiger charge is 2.29. The SMILES string of the molecule is O=C(c1ccc(Cn2cnc(C3CCN(C(=O)c4ccc(Cn5cnccc5=O)cc4)C3)cc2=O)cc1)N1CCOCC1. The van der Waals surface area contributed by atoms with Crippen LogP contribution in [0.15, 0.2) is 89.1 Å². The molecule has 2 aromatic heterocycles. The zero-order valence-electron chi connectivity index (χ0n) is 23.7. The van der Waals surface area contributed by atoms with Crippen LogP contribution >= 0.6 is 0 Å². The minimum atomic E-state index is -0.161. The summed E-state index contributed by atoms with van der Waals surface area (Å²) in [5, 5.41) is 0. The van der Waals surface area contributed by atoms with Crippen LogP contribution in [-0.4, -0.2) is 80.1 Å². The van der Waals surface area contributed by atoms with Gasteiger partial charge in [-0.25, -0.2) is 9.97 Å². The van der Waals surface area contributed by atoms with Crippen LogP contribution < -0.4 is 11.1 Å². The minimum absolute atomic E-state index is 0.0158. The van der Waals surface area contributed by atoms with Gasteiger partial charge in [0.05, 0.1) is 44.7 Å². The van der Waals surface area contributed by atoms with Gasteiger partial charge in [0.15, 0.2) is 0 Å². The summed E-state index contributed by atoms with van der Waals surface area (Å²) in [6.45, 7) is 4.08. The molecule has 2 aliphatic heterocycles. The Morgan fingerprint density at radius 2 is 1.35 bits per heavy atom. The molecule has 0 aliphatic carbocycles. The molecule has 0 bridgehead atoms. The van der Waals surface area contributed by atoms with Gasteiger partial charge in [-0.1, -0.05) is 24.3 Å². The standard InChI is InChI=1S/C32H32N6O5/c39-29-9-11-33-21-37(29)18-23-3-7-26(8-4-23)32(42)36-12-10-27(20-36)28-17-30(40)38(22-34-28)19-24-1-5-25(6-2-24)31(41)35-13-15-43-16-14-35/h1-9,11,17,21-22,27H,10,12-16,18-20H2. The normalized spacial score (nSPS) is 16.8. The molecular formula is C32H32N6O5. The molecule has 0 saturated carbocycles. The lowest BCUT2D eigenvalue weighted by atomic mass is 10.0. The van der Waals surface area contributed by atoms with Crippen LogP contribution in [0.4, 0.5) is 0 Å². The Labute approximate surface area is 248 Å². The predicted molar refractivity (Wildman–Crippen MR) is 158 cm³/mol. The van der Waals surface area contributed by atoms with E-state index in [4.69, 9.17) is 4.74 Å². The molecule has 2 fully saturated rings. The molecule has 2 amide bonds. The first-order chi connectivity index (χ1) is 20.9. The quantitative estimate of drug-likeness (QED) is 0.328. The number of aromatic nitrogens is 4. The van der Waals surface area contributed by atoms with E-state index in [1.165, 1.54) is 23.2 Å². The highest BCUT2D eigenvalue weighted by atomic mass is 16.5. The minimum Gasteiger partial charge on any atom is -0.378 e. The van der Waals surface area contributed by atoms with Gasteiger partial charge < -0.3 is 14.5 Å². The van der Waals surface area contributed by atoms with Crippen LogP contribution in [0.1, 0.15) is 49.9 Å². The number of carbonyl (C=O) groups excluding carboxylic acids is 2. The molecule has 0 N–H and O–H groups in total. The van der Waals surface area contributed by atoms with E-state index in [-0.39, 0.29) is 28.9 Å². The molecule has 4 heterocycles. The first-order valence-corrected chi connectivity index (χ1v) is 14.4. The van der Waals surface area contributed by atoms with Crippen LogP contribution in [0.3, 0.4) is 0 Å². The lowest BCUT2D eigenvalue weighted by molar-refractivity contribution is 0.0303. The van der Waals surface area contributed by atoms with Crippen LogP contribution in [0.2, 0.25) is 0 Å². The Morgan fingerprint density at radius 3 is 1.95 bits per heavy atom. The fraction of sp³-hybridized carbons (Fsp3) is 0.312. The third kappa shape index (κ3) is 6.46. The van der Waals surface area contributed by atoms with Crippen molar-refractivity contribution >= 4 is 11.8 Å². The monoisotopic (exact) mass is 580 g/mol. The Hall–Kier alpha value is -4.90. The van der Waals surface area contributed by atoms with Crippen LogP contribution in [0, 0.1) is 0 Å². The number of morpholine rings is 1. The van der Waals surface area contributed by atoms with E-state index in [0.717, 1.165) is 17.5 Å². The van der Waals surface area contributed by atoms with Crippen molar-refractivity contribution in [1.29, 1.82) is 0 Å². The van der Waals surface area contributed by atoms with E-state index in [1.807, 2.05) is 24.3 Å². The number of nitrogens with zero attached hydrogens (tertiary/aromatic N) is 6. The molecule has 6 rings (SSSR count). The topological polar surface area (TPSA) is 120 Å². The second-order valence-corrected chi connectivity index (χ2v) is 10.9. The predicted octanol–water partition coefficient (Wildman–Crippen LogP) is 2.00. The zero-order chi connectivity index (χ0) is 29.8. The third-order valence-electron chi connectivity index (χ3n) is 7.99. The first-order valence-electron chi connectivity index (χ1n) is 14.4. The summed E-state index contributed by atoms with van der Waals surface area (Å²) in [4.78, 5) is 62.9. The summed E-state index contributed by atoms with van der Waals surface area (Å²) in [6, 6.07) is 17.5. The number of rotatable bonds is 7. The van der Waals surface area contributed by atoms with Gasteiger partial charge in [0.2, 0.25) is 0 Å². The van der Waals surface area contributed by atoms with E-state index in [2.05, 4.69) is 9.97 Å². The second-order valence-electron chi connectivity index (χ2n) is 10.9. The summed E-state index contributed by atoms with van der Waals surface area (Å²) >= 11 is 0. The molecule has 2 aliphatic rings. The van der Waals surface area contributed by atoms with Crippen molar-refractivity contribution in [3.63, 3.8) is 0 Å². The van der Waals surface area contributed by atoms with Crippen molar-refractivity contribution in [1.82, 2.24) is 28.9 Å². The van der Waals surface area contributed by atoms with E-state index >= 15 is 0 Å².